The zero-order valence-electron chi connectivity index (χ0n) is 9.20. The van der Waals surface area contributed by atoms with Crippen LogP contribution in [0.15, 0.2) is 23.2 Å². The van der Waals surface area contributed by atoms with Crippen molar-refractivity contribution >= 4 is 23.2 Å². The summed E-state index contributed by atoms with van der Waals surface area (Å²) >= 11 is 5.66. The summed E-state index contributed by atoms with van der Waals surface area (Å²) in [6.45, 7) is 2.70. The highest BCUT2D eigenvalue weighted by Crippen LogP contribution is 2.21. The highest BCUT2D eigenvalue weighted by molar-refractivity contribution is 6.31. The minimum Gasteiger partial charge on any atom is -0.378 e. The number of guanidine groups is 1. The first-order valence-electron chi connectivity index (χ1n) is 5.29. The lowest BCUT2D eigenvalue weighted by atomic mass is 10.3. The molecule has 0 radical (unpaired) electrons. The Balaban J connectivity index is 2.13. The van der Waals surface area contributed by atoms with E-state index < -0.39 is 5.82 Å². The molecule has 0 saturated carbocycles. The maximum atomic E-state index is 13.0. The lowest BCUT2D eigenvalue weighted by Gasteiger charge is -2.27. The molecule has 0 aromatic heterocycles. The van der Waals surface area contributed by atoms with Crippen molar-refractivity contribution in [2.75, 3.05) is 26.3 Å². The van der Waals surface area contributed by atoms with Crippen LogP contribution in [0.4, 0.5) is 10.1 Å². The van der Waals surface area contributed by atoms with Gasteiger partial charge in [0.05, 0.1) is 23.9 Å². The molecule has 0 spiro atoms. The summed E-state index contributed by atoms with van der Waals surface area (Å²) < 4.78 is 18.2. The maximum Gasteiger partial charge on any atom is 0.196 e. The van der Waals surface area contributed by atoms with Gasteiger partial charge in [0.1, 0.15) is 5.82 Å². The molecule has 0 amide bonds. The summed E-state index contributed by atoms with van der Waals surface area (Å²) in [5, 5.41) is 0.0426. The van der Waals surface area contributed by atoms with Gasteiger partial charge in [0.25, 0.3) is 0 Å². The first-order chi connectivity index (χ1) is 8.16. The van der Waals surface area contributed by atoms with Crippen molar-refractivity contribution in [2.24, 2.45) is 10.7 Å². The van der Waals surface area contributed by atoms with Gasteiger partial charge >= 0.3 is 0 Å². The van der Waals surface area contributed by atoms with Gasteiger partial charge in [0.15, 0.2) is 5.96 Å². The molecule has 0 aliphatic carbocycles. The van der Waals surface area contributed by atoms with Gasteiger partial charge in [-0.3, -0.25) is 0 Å². The van der Waals surface area contributed by atoms with E-state index in [1.165, 1.54) is 18.2 Å². The summed E-state index contributed by atoms with van der Waals surface area (Å²) in [7, 11) is 0. The van der Waals surface area contributed by atoms with Crippen LogP contribution in [-0.2, 0) is 4.74 Å². The third-order valence-electron chi connectivity index (χ3n) is 2.48. The van der Waals surface area contributed by atoms with Crippen LogP contribution in [0.2, 0.25) is 5.02 Å². The molecule has 92 valence electrons. The largest absolute Gasteiger partial charge is 0.378 e. The molecule has 1 aliphatic heterocycles. The third kappa shape index (κ3) is 3.08. The topological polar surface area (TPSA) is 50.8 Å². The van der Waals surface area contributed by atoms with E-state index in [0.717, 1.165) is 0 Å². The fourth-order valence-electron chi connectivity index (χ4n) is 1.55. The Bertz CT molecular complexity index is 433. The molecular formula is C11H13ClFN3O. The molecule has 1 aromatic rings. The van der Waals surface area contributed by atoms with Gasteiger partial charge in [-0.15, -0.1) is 0 Å². The minimum atomic E-state index is -0.462. The number of halogens is 2. The standard InChI is InChI=1S/C11H13ClFN3O/c12-9-7-8(1-2-10(9)13)15-11(14)16-3-5-17-6-4-16/h1-2,7H,3-6H2,(H2,14,15). The van der Waals surface area contributed by atoms with Gasteiger partial charge in [-0.2, -0.15) is 0 Å². The highest BCUT2D eigenvalue weighted by Gasteiger charge is 2.12. The van der Waals surface area contributed by atoms with E-state index >= 15 is 0 Å². The van der Waals surface area contributed by atoms with E-state index in [1.54, 1.807) is 0 Å². The van der Waals surface area contributed by atoms with Gasteiger partial charge < -0.3 is 15.4 Å². The van der Waals surface area contributed by atoms with Crippen LogP contribution < -0.4 is 5.73 Å². The van der Waals surface area contributed by atoms with Crippen LogP contribution in [0.5, 0.6) is 0 Å². The average molecular weight is 258 g/mol. The van der Waals surface area contributed by atoms with Crippen LogP contribution >= 0.6 is 11.6 Å². The molecule has 4 nitrogen and oxygen atoms in total. The molecule has 1 aromatic carbocycles. The molecule has 6 heteroatoms. The molecule has 1 fully saturated rings. The molecular weight excluding hydrogens is 245 g/mol. The Labute approximate surface area is 104 Å². The lowest BCUT2D eigenvalue weighted by molar-refractivity contribution is 0.0675. The van der Waals surface area contributed by atoms with E-state index in [9.17, 15) is 4.39 Å². The summed E-state index contributed by atoms with van der Waals surface area (Å²) in [5.74, 6) is -0.0634. The maximum absolute atomic E-state index is 13.0. The number of hydrogen-bond donors (Lipinski definition) is 1. The second-order valence-corrected chi connectivity index (χ2v) is 4.08. The quantitative estimate of drug-likeness (QED) is 0.616. The zero-order valence-corrected chi connectivity index (χ0v) is 9.95. The van der Waals surface area contributed by atoms with Crippen molar-refractivity contribution in [1.82, 2.24) is 4.90 Å². The Hall–Kier alpha value is -1.33. The average Bonchev–Trinajstić information content (AvgIpc) is 2.35. The van der Waals surface area contributed by atoms with Crippen molar-refractivity contribution in [3.05, 3.63) is 29.0 Å². The van der Waals surface area contributed by atoms with Crippen LogP contribution in [0.25, 0.3) is 0 Å². The van der Waals surface area contributed by atoms with Crippen LogP contribution in [0, 0.1) is 5.82 Å². The number of ether oxygens (including phenoxy) is 1. The van der Waals surface area contributed by atoms with E-state index in [0.29, 0.717) is 38.0 Å². The Morgan fingerprint density at radius 3 is 2.76 bits per heavy atom. The Kier molecular flexibility index (Phi) is 3.81. The van der Waals surface area contributed by atoms with Gasteiger partial charge in [-0.05, 0) is 18.2 Å². The van der Waals surface area contributed by atoms with Crippen molar-refractivity contribution in [3.63, 3.8) is 0 Å². The van der Waals surface area contributed by atoms with E-state index in [-0.39, 0.29) is 5.02 Å². The first kappa shape index (κ1) is 12.1. The Morgan fingerprint density at radius 1 is 1.41 bits per heavy atom. The number of morpholine rings is 1. The van der Waals surface area contributed by atoms with Crippen molar-refractivity contribution in [1.29, 1.82) is 0 Å². The number of nitrogens with zero attached hydrogens (tertiary/aromatic N) is 2. The molecule has 1 saturated heterocycles. The number of rotatable bonds is 1. The molecule has 0 unspecified atom stereocenters. The van der Waals surface area contributed by atoms with E-state index in [4.69, 9.17) is 22.1 Å². The number of hydrogen-bond acceptors (Lipinski definition) is 2. The van der Waals surface area contributed by atoms with Gasteiger partial charge in [0.2, 0.25) is 0 Å². The minimum absolute atomic E-state index is 0.0426. The van der Waals surface area contributed by atoms with E-state index in [1.807, 2.05) is 4.90 Å². The van der Waals surface area contributed by atoms with Crippen molar-refractivity contribution < 1.29 is 9.13 Å². The van der Waals surface area contributed by atoms with Crippen molar-refractivity contribution in [3.8, 4) is 0 Å². The number of benzene rings is 1. The fraction of sp³-hybridized carbons (Fsp3) is 0.364. The molecule has 2 N–H and O–H groups in total. The summed E-state index contributed by atoms with van der Waals surface area (Å²) in [5.41, 5.74) is 6.39. The smallest absolute Gasteiger partial charge is 0.196 e. The molecule has 1 heterocycles. The molecule has 0 atom stereocenters. The predicted molar refractivity (Wildman–Crippen MR) is 65.1 cm³/mol. The number of nitrogens with two attached hydrogens (primary N) is 1. The molecule has 2 rings (SSSR count). The van der Waals surface area contributed by atoms with Crippen LogP contribution in [0.1, 0.15) is 0 Å². The van der Waals surface area contributed by atoms with E-state index in [2.05, 4.69) is 4.99 Å². The van der Waals surface area contributed by atoms with Gasteiger partial charge in [-0.25, -0.2) is 9.38 Å². The Morgan fingerprint density at radius 2 is 2.12 bits per heavy atom. The second-order valence-electron chi connectivity index (χ2n) is 3.67. The van der Waals surface area contributed by atoms with Gasteiger partial charge in [0, 0.05) is 13.1 Å². The molecule has 0 bridgehead atoms. The summed E-state index contributed by atoms with van der Waals surface area (Å²) in [6.07, 6.45) is 0. The molecule has 1 aliphatic rings. The normalized spacial score (nSPS) is 17.3. The zero-order chi connectivity index (χ0) is 12.3. The third-order valence-corrected chi connectivity index (χ3v) is 2.77. The monoisotopic (exact) mass is 257 g/mol. The first-order valence-corrected chi connectivity index (χ1v) is 5.66. The summed E-state index contributed by atoms with van der Waals surface area (Å²) in [6, 6.07) is 4.26. The van der Waals surface area contributed by atoms with Crippen molar-refractivity contribution in [2.45, 2.75) is 0 Å². The van der Waals surface area contributed by atoms with Crippen LogP contribution in [0.3, 0.4) is 0 Å². The predicted octanol–water partition coefficient (Wildman–Crippen LogP) is 1.76. The highest BCUT2D eigenvalue weighted by atomic mass is 35.5. The fourth-order valence-corrected chi connectivity index (χ4v) is 1.72. The molecule has 17 heavy (non-hydrogen) atoms. The SMILES string of the molecule is NC(=Nc1ccc(F)c(Cl)c1)N1CCOCC1. The summed E-state index contributed by atoms with van der Waals surface area (Å²) in [4.78, 5) is 6.12. The van der Waals surface area contributed by atoms with Gasteiger partial charge in [-0.1, -0.05) is 11.6 Å². The second kappa shape index (κ2) is 5.33. The number of aliphatic imine (C=N–C) groups is 1. The lowest BCUT2D eigenvalue weighted by Crippen LogP contribution is -2.44. The van der Waals surface area contributed by atoms with Crippen LogP contribution in [-0.4, -0.2) is 37.2 Å².